The second-order valence-corrected chi connectivity index (χ2v) is 4.50. The summed E-state index contributed by atoms with van der Waals surface area (Å²) in [6, 6.07) is 8.72. The molecule has 0 spiro atoms. The summed E-state index contributed by atoms with van der Waals surface area (Å²) in [5.74, 6) is 0. The first kappa shape index (κ1) is 10.5. The van der Waals surface area contributed by atoms with Crippen LogP contribution in [0.2, 0.25) is 0 Å². The molecule has 1 aliphatic rings. The molecule has 1 saturated heterocycles. The second-order valence-electron chi connectivity index (χ2n) is 4.50. The van der Waals surface area contributed by atoms with E-state index in [-0.39, 0.29) is 0 Å². The summed E-state index contributed by atoms with van der Waals surface area (Å²) in [4.78, 5) is 2.40. The van der Waals surface area contributed by atoms with Crippen LogP contribution in [0.25, 0.3) is 0 Å². The average molecular weight is 205 g/mol. The lowest BCUT2D eigenvalue weighted by Crippen LogP contribution is -2.45. The molecule has 1 aliphatic heterocycles. The number of morpholine rings is 1. The summed E-state index contributed by atoms with van der Waals surface area (Å²) in [5, 5.41) is 0. The number of aryl methyl sites for hydroxylation is 1. The van der Waals surface area contributed by atoms with Crippen LogP contribution in [0.1, 0.15) is 19.4 Å². The van der Waals surface area contributed by atoms with Crippen molar-refractivity contribution in [3.8, 4) is 0 Å². The molecule has 2 nitrogen and oxygen atoms in total. The van der Waals surface area contributed by atoms with Gasteiger partial charge < -0.3 is 9.64 Å². The van der Waals surface area contributed by atoms with Crippen molar-refractivity contribution in [2.75, 3.05) is 18.0 Å². The molecule has 0 N–H and O–H groups in total. The molecule has 1 heterocycles. The molecule has 0 amide bonds. The third kappa shape index (κ3) is 2.51. The zero-order valence-corrected chi connectivity index (χ0v) is 9.73. The Morgan fingerprint density at radius 3 is 2.13 bits per heavy atom. The maximum Gasteiger partial charge on any atom is 0.0726 e. The summed E-state index contributed by atoms with van der Waals surface area (Å²) < 4.78 is 5.72. The van der Waals surface area contributed by atoms with E-state index < -0.39 is 0 Å². The van der Waals surface area contributed by atoms with Crippen LogP contribution in [0.15, 0.2) is 24.3 Å². The summed E-state index contributed by atoms with van der Waals surface area (Å²) >= 11 is 0. The van der Waals surface area contributed by atoms with Gasteiger partial charge in [-0.05, 0) is 32.9 Å². The summed E-state index contributed by atoms with van der Waals surface area (Å²) in [6.45, 7) is 8.38. The minimum absolute atomic E-state index is 0.329. The van der Waals surface area contributed by atoms with Crippen LogP contribution < -0.4 is 4.90 Å². The molecule has 1 aromatic carbocycles. The van der Waals surface area contributed by atoms with Crippen LogP contribution in [-0.4, -0.2) is 25.3 Å². The molecule has 0 bridgehead atoms. The number of hydrogen-bond acceptors (Lipinski definition) is 2. The molecule has 82 valence electrons. The zero-order chi connectivity index (χ0) is 10.8. The number of hydrogen-bond donors (Lipinski definition) is 0. The second kappa shape index (κ2) is 4.23. The topological polar surface area (TPSA) is 12.5 Å². The van der Waals surface area contributed by atoms with Crippen molar-refractivity contribution in [1.29, 1.82) is 0 Å². The Kier molecular flexibility index (Phi) is 2.96. The Balaban J connectivity index is 2.12. The highest BCUT2D eigenvalue weighted by atomic mass is 16.5. The molecule has 0 aliphatic carbocycles. The SMILES string of the molecule is Cc1ccc(N2C[C@@H](C)O[C@H](C)C2)cc1. The van der Waals surface area contributed by atoms with Crippen LogP contribution in [-0.2, 0) is 4.74 Å². The van der Waals surface area contributed by atoms with E-state index in [0.717, 1.165) is 13.1 Å². The Bertz CT molecular complexity index is 310. The van der Waals surface area contributed by atoms with Gasteiger partial charge in [0.05, 0.1) is 12.2 Å². The van der Waals surface area contributed by atoms with Gasteiger partial charge in [0.2, 0.25) is 0 Å². The molecule has 2 atom stereocenters. The first-order chi connectivity index (χ1) is 7.15. The van der Waals surface area contributed by atoms with Gasteiger partial charge in [-0.25, -0.2) is 0 Å². The molecule has 0 aromatic heterocycles. The van der Waals surface area contributed by atoms with Crippen molar-refractivity contribution < 1.29 is 4.74 Å². The third-order valence-corrected chi connectivity index (χ3v) is 2.82. The summed E-state index contributed by atoms with van der Waals surface area (Å²) in [6.07, 6.45) is 0.658. The number of ether oxygens (including phenoxy) is 1. The van der Waals surface area contributed by atoms with E-state index in [0.29, 0.717) is 12.2 Å². The third-order valence-electron chi connectivity index (χ3n) is 2.82. The van der Waals surface area contributed by atoms with E-state index in [2.05, 4.69) is 49.9 Å². The van der Waals surface area contributed by atoms with E-state index in [4.69, 9.17) is 4.74 Å². The Hall–Kier alpha value is -1.02. The normalized spacial score (nSPS) is 26.7. The van der Waals surface area contributed by atoms with Gasteiger partial charge in [-0.15, -0.1) is 0 Å². The van der Waals surface area contributed by atoms with Gasteiger partial charge in [0.1, 0.15) is 0 Å². The van der Waals surface area contributed by atoms with E-state index in [1.54, 1.807) is 0 Å². The van der Waals surface area contributed by atoms with E-state index in [9.17, 15) is 0 Å². The van der Waals surface area contributed by atoms with Gasteiger partial charge in [0.15, 0.2) is 0 Å². The molecule has 2 heteroatoms. The van der Waals surface area contributed by atoms with Crippen molar-refractivity contribution in [3.63, 3.8) is 0 Å². The monoisotopic (exact) mass is 205 g/mol. The smallest absolute Gasteiger partial charge is 0.0726 e. The maximum atomic E-state index is 5.72. The molecule has 2 rings (SSSR count). The lowest BCUT2D eigenvalue weighted by molar-refractivity contribution is -0.00521. The van der Waals surface area contributed by atoms with Crippen molar-refractivity contribution in [3.05, 3.63) is 29.8 Å². The molecular weight excluding hydrogens is 186 g/mol. The van der Waals surface area contributed by atoms with Gasteiger partial charge in [-0.2, -0.15) is 0 Å². The fourth-order valence-electron chi connectivity index (χ4n) is 2.14. The van der Waals surface area contributed by atoms with E-state index in [1.165, 1.54) is 11.3 Å². The minimum Gasteiger partial charge on any atom is -0.372 e. The lowest BCUT2D eigenvalue weighted by Gasteiger charge is -2.36. The van der Waals surface area contributed by atoms with Crippen LogP contribution in [0.5, 0.6) is 0 Å². The summed E-state index contributed by atoms with van der Waals surface area (Å²) in [7, 11) is 0. The minimum atomic E-state index is 0.329. The molecule has 1 aromatic rings. The van der Waals surface area contributed by atoms with E-state index in [1.807, 2.05) is 0 Å². The van der Waals surface area contributed by atoms with Gasteiger partial charge in [0, 0.05) is 18.8 Å². The van der Waals surface area contributed by atoms with Crippen molar-refractivity contribution in [1.82, 2.24) is 0 Å². The predicted octanol–water partition coefficient (Wildman–Crippen LogP) is 2.61. The molecule has 0 saturated carbocycles. The molecular formula is C13H19NO. The Labute approximate surface area is 91.9 Å². The summed E-state index contributed by atoms with van der Waals surface area (Å²) in [5.41, 5.74) is 2.62. The van der Waals surface area contributed by atoms with Crippen molar-refractivity contribution >= 4 is 5.69 Å². The molecule has 1 fully saturated rings. The number of anilines is 1. The standard InChI is InChI=1S/C13H19NO/c1-10-4-6-13(7-5-10)14-8-11(2)15-12(3)9-14/h4-7,11-12H,8-9H2,1-3H3/t11-,12-/m1/s1. The highest BCUT2D eigenvalue weighted by Crippen LogP contribution is 2.20. The largest absolute Gasteiger partial charge is 0.372 e. The molecule has 0 radical (unpaired) electrons. The zero-order valence-electron chi connectivity index (χ0n) is 9.73. The van der Waals surface area contributed by atoms with Crippen LogP contribution in [0, 0.1) is 6.92 Å². The lowest BCUT2D eigenvalue weighted by atomic mass is 10.1. The fourth-order valence-corrected chi connectivity index (χ4v) is 2.14. The molecule has 0 unspecified atom stereocenters. The highest BCUT2D eigenvalue weighted by Gasteiger charge is 2.21. The van der Waals surface area contributed by atoms with Crippen LogP contribution in [0.4, 0.5) is 5.69 Å². The van der Waals surface area contributed by atoms with Crippen molar-refractivity contribution in [2.24, 2.45) is 0 Å². The Morgan fingerprint density at radius 1 is 1.07 bits per heavy atom. The van der Waals surface area contributed by atoms with Gasteiger partial charge >= 0.3 is 0 Å². The predicted molar refractivity (Wildman–Crippen MR) is 63.4 cm³/mol. The maximum absolute atomic E-state index is 5.72. The number of rotatable bonds is 1. The van der Waals surface area contributed by atoms with Gasteiger partial charge in [-0.3, -0.25) is 0 Å². The number of benzene rings is 1. The highest BCUT2D eigenvalue weighted by molar-refractivity contribution is 5.48. The fraction of sp³-hybridized carbons (Fsp3) is 0.538. The van der Waals surface area contributed by atoms with Crippen LogP contribution >= 0.6 is 0 Å². The Morgan fingerprint density at radius 2 is 1.60 bits per heavy atom. The molecule has 15 heavy (non-hydrogen) atoms. The van der Waals surface area contributed by atoms with Crippen LogP contribution in [0.3, 0.4) is 0 Å². The van der Waals surface area contributed by atoms with Crippen molar-refractivity contribution in [2.45, 2.75) is 33.0 Å². The van der Waals surface area contributed by atoms with E-state index >= 15 is 0 Å². The number of nitrogens with zero attached hydrogens (tertiary/aromatic N) is 1. The first-order valence-electron chi connectivity index (χ1n) is 5.62. The van der Waals surface area contributed by atoms with Gasteiger partial charge in [-0.1, -0.05) is 17.7 Å². The first-order valence-corrected chi connectivity index (χ1v) is 5.62. The average Bonchev–Trinajstić information content (AvgIpc) is 2.17. The van der Waals surface area contributed by atoms with Gasteiger partial charge in [0.25, 0.3) is 0 Å². The quantitative estimate of drug-likeness (QED) is 0.698.